The molecule has 0 aliphatic rings. The molecule has 0 heterocycles. The van der Waals surface area contributed by atoms with Crippen LogP contribution in [0.3, 0.4) is 0 Å². The molecule has 1 aromatic rings. The first-order valence-electron chi connectivity index (χ1n) is 4.94. The molecule has 1 unspecified atom stereocenters. The van der Waals surface area contributed by atoms with Gasteiger partial charge in [-0.25, -0.2) is 0 Å². The molecule has 88 valence electrons. The second kappa shape index (κ2) is 5.05. The second-order valence-corrected chi connectivity index (χ2v) is 3.37. The van der Waals surface area contributed by atoms with Crippen LogP contribution >= 0.6 is 0 Å². The Kier molecular flexibility index (Phi) is 3.99. The number of ether oxygens (including phenoxy) is 1. The Hall–Kier alpha value is -1.45. The fourth-order valence-corrected chi connectivity index (χ4v) is 1.46. The highest BCUT2D eigenvalue weighted by Gasteiger charge is 2.30. The molecule has 4 heteroatoms. The van der Waals surface area contributed by atoms with Gasteiger partial charge in [-0.1, -0.05) is 25.1 Å². The third-order valence-electron chi connectivity index (χ3n) is 2.27. The third-order valence-corrected chi connectivity index (χ3v) is 2.27. The summed E-state index contributed by atoms with van der Waals surface area (Å²) in [6.07, 6.45) is -1.99. The zero-order chi connectivity index (χ0) is 12.2. The minimum Gasteiger partial charge on any atom is -0.406 e. The molecule has 0 aromatic heterocycles. The lowest BCUT2D eigenvalue weighted by molar-refractivity contribution is -0.274. The Balaban J connectivity index is 2.78. The van der Waals surface area contributed by atoms with E-state index in [1.54, 1.807) is 18.2 Å². The number of rotatable bonds is 4. The molecule has 1 atom stereocenters. The van der Waals surface area contributed by atoms with Crippen molar-refractivity contribution >= 4 is 0 Å². The average molecular weight is 230 g/mol. The summed E-state index contributed by atoms with van der Waals surface area (Å²) in [5.41, 5.74) is 0.937. The van der Waals surface area contributed by atoms with Gasteiger partial charge in [0.05, 0.1) is 0 Å². The van der Waals surface area contributed by atoms with Gasteiger partial charge in [-0.2, -0.15) is 0 Å². The van der Waals surface area contributed by atoms with Gasteiger partial charge < -0.3 is 4.74 Å². The molecule has 0 spiro atoms. The van der Waals surface area contributed by atoms with Gasteiger partial charge in [0, 0.05) is 5.92 Å². The second-order valence-electron chi connectivity index (χ2n) is 3.37. The van der Waals surface area contributed by atoms with Gasteiger partial charge in [0.2, 0.25) is 0 Å². The maximum atomic E-state index is 11.9. The molecular weight excluding hydrogens is 217 g/mol. The summed E-state index contributed by atoms with van der Waals surface area (Å²) in [6.45, 7) is 5.67. The quantitative estimate of drug-likeness (QED) is 0.702. The van der Waals surface area contributed by atoms with Crippen LogP contribution in [0.15, 0.2) is 36.9 Å². The summed E-state index contributed by atoms with van der Waals surface area (Å²) >= 11 is 0. The van der Waals surface area contributed by atoms with Crippen molar-refractivity contribution in [2.45, 2.75) is 25.6 Å². The summed E-state index contributed by atoms with van der Waals surface area (Å²) in [5.74, 6) is -0.0323. The van der Waals surface area contributed by atoms with Crippen molar-refractivity contribution in [2.75, 3.05) is 0 Å². The van der Waals surface area contributed by atoms with E-state index in [9.17, 15) is 13.2 Å². The van der Waals surface area contributed by atoms with Gasteiger partial charge >= 0.3 is 6.36 Å². The van der Waals surface area contributed by atoms with E-state index >= 15 is 0 Å². The van der Waals surface area contributed by atoms with Gasteiger partial charge in [0.15, 0.2) is 0 Å². The molecule has 0 aliphatic carbocycles. The monoisotopic (exact) mass is 230 g/mol. The minimum absolute atomic E-state index is 0.167. The highest BCUT2D eigenvalue weighted by molar-refractivity contribution is 5.31. The van der Waals surface area contributed by atoms with Crippen LogP contribution in [-0.4, -0.2) is 6.36 Å². The van der Waals surface area contributed by atoms with Crippen LogP contribution in [0.25, 0.3) is 0 Å². The minimum atomic E-state index is -4.63. The first-order valence-corrected chi connectivity index (χ1v) is 4.94. The first-order chi connectivity index (χ1) is 7.46. The zero-order valence-electron chi connectivity index (χ0n) is 8.92. The molecule has 0 saturated carbocycles. The number of halogens is 3. The predicted molar refractivity (Wildman–Crippen MR) is 56.4 cm³/mol. The van der Waals surface area contributed by atoms with Gasteiger partial charge in [0.1, 0.15) is 5.75 Å². The van der Waals surface area contributed by atoms with Gasteiger partial charge in [-0.3, -0.25) is 0 Å². The fraction of sp³-hybridized carbons (Fsp3) is 0.333. The van der Waals surface area contributed by atoms with Crippen LogP contribution in [0.4, 0.5) is 13.2 Å². The van der Waals surface area contributed by atoms with Crippen LogP contribution in [-0.2, 0) is 0 Å². The third kappa shape index (κ3) is 3.61. The summed E-state index contributed by atoms with van der Waals surface area (Å²) in [5, 5.41) is 0. The lowest BCUT2D eigenvalue weighted by Crippen LogP contribution is -2.17. The van der Waals surface area contributed by atoms with E-state index in [2.05, 4.69) is 11.3 Å². The maximum Gasteiger partial charge on any atom is 0.573 e. The summed E-state index contributed by atoms with van der Waals surface area (Å²) in [6, 6.07) is 5.87. The Morgan fingerprint density at radius 2 is 1.88 bits per heavy atom. The number of hydrogen-bond acceptors (Lipinski definition) is 1. The lowest BCUT2D eigenvalue weighted by Gasteiger charge is -2.12. The van der Waals surface area contributed by atoms with Crippen LogP contribution < -0.4 is 4.74 Å². The molecule has 0 fully saturated rings. The van der Waals surface area contributed by atoms with Crippen molar-refractivity contribution in [3.63, 3.8) is 0 Å². The van der Waals surface area contributed by atoms with E-state index < -0.39 is 6.36 Å². The molecule has 0 bridgehead atoms. The molecule has 0 saturated heterocycles. The highest BCUT2D eigenvalue weighted by Crippen LogP contribution is 2.26. The summed E-state index contributed by atoms with van der Waals surface area (Å²) < 4.78 is 39.5. The van der Waals surface area contributed by atoms with Crippen LogP contribution in [0.5, 0.6) is 5.75 Å². The summed E-state index contributed by atoms with van der Waals surface area (Å²) in [4.78, 5) is 0. The Morgan fingerprint density at radius 1 is 1.31 bits per heavy atom. The molecule has 1 nitrogen and oxygen atoms in total. The SMILES string of the molecule is C=CC(CC)c1ccc(OC(F)(F)F)cc1. The van der Waals surface area contributed by atoms with Gasteiger partial charge in [0.25, 0.3) is 0 Å². The van der Waals surface area contributed by atoms with Crippen molar-refractivity contribution in [3.05, 3.63) is 42.5 Å². The lowest BCUT2D eigenvalue weighted by atomic mass is 9.97. The van der Waals surface area contributed by atoms with Crippen LogP contribution in [0.1, 0.15) is 24.8 Å². The molecule has 0 amide bonds. The average Bonchev–Trinajstić information content (AvgIpc) is 2.20. The van der Waals surface area contributed by atoms with Crippen molar-refractivity contribution in [1.29, 1.82) is 0 Å². The number of hydrogen-bond donors (Lipinski definition) is 0. The normalized spacial score (nSPS) is 13.2. The molecular formula is C12H13F3O. The fourth-order valence-electron chi connectivity index (χ4n) is 1.46. The smallest absolute Gasteiger partial charge is 0.406 e. The molecule has 1 aromatic carbocycles. The zero-order valence-corrected chi connectivity index (χ0v) is 8.92. The van der Waals surface area contributed by atoms with Crippen molar-refractivity contribution in [3.8, 4) is 5.75 Å². The first kappa shape index (κ1) is 12.6. The van der Waals surface area contributed by atoms with E-state index in [4.69, 9.17) is 0 Å². The van der Waals surface area contributed by atoms with E-state index in [1.807, 2.05) is 6.92 Å². The van der Waals surface area contributed by atoms with E-state index in [0.29, 0.717) is 0 Å². The molecule has 1 rings (SSSR count). The topological polar surface area (TPSA) is 9.23 Å². The number of benzene rings is 1. The maximum absolute atomic E-state index is 11.9. The molecule has 0 N–H and O–H groups in total. The van der Waals surface area contributed by atoms with Crippen LogP contribution in [0.2, 0.25) is 0 Å². The van der Waals surface area contributed by atoms with Gasteiger partial charge in [-0.15, -0.1) is 19.8 Å². The Labute approximate surface area is 92.5 Å². The summed E-state index contributed by atoms with van der Waals surface area (Å²) in [7, 11) is 0. The largest absolute Gasteiger partial charge is 0.573 e. The Bertz CT molecular complexity index is 340. The Morgan fingerprint density at radius 3 is 2.25 bits per heavy atom. The van der Waals surface area contributed by atoms with Crippen molar-refractivity contribution in [2.24, 2.45) is 0 Å². The van der Waals surface area contributed by atoms with Crippen molar-refractivity contribution in [1.82, 2.24) is 0 Å². The predicted octanol–water partition coefficient (Wildman–Crippen LogP) is 4.26. The van der Waals surface area contributed by atoms with Gasteiger partial charge in [-0.05, 0) is 24.1 Å². The molecule has 16 heavy (non-hydrogen) atoms. The standard InChI is InChI=1S/C12H13F3O/c1-3-9(4-2)10-5-7-11(8-6-10)16-12(13,14)15/h3,5-9H,1,4H2,2H3. The van der Waals surface area contributed by atoms with Crippen molar-refractivity contribution < 1.29 is 17.9 Å². The van der Waals surface area contributed by atoms with E-state index in [1.165, 1.54) is 12.1 Å². The van der Waals surface area contributed by atoms with E-state index in [0.717, 1.165) is 12.0 Å². The highest BCUT2D eigenvalue weighted by atomic mass is 19.4. The number of allylic oxidation sites excluding steroid dienone is 1. The number of alkyl halides is 3. The van der Waals surface area contributed by atoms with E-state index in [-0.39, 0.29) is 11.7 Å². The van der Waals surface area contributed by atoms with Crippen LogP contribution in [0, 0.1) is 0 Å². The molecule has 0 aliphatic heterocycles. The molecule has 0 radical (unpaired) electrons.